The summed E-state index contributed by atoms with van der Waals surface area (Å²) in [4.78, 5) is 25.0. The average Bonchev–Trinajstić information content (AvgIpc) is 2.36. The Kier molecular flexibility index (Phi) is 4.11. The van der Waals surface area contributed by atoms with Crippen molar-refractivity contribution in [2.24, 2.45) is 0 Å². The molecule has 0 N–H and O–H groups in total. The molecule has 4 nitrogen and oxygen atoms in total. The molecule has 0 spiro atoms. The summed E-state index contributed by atoms with van der Waals surface area (Å²) in [5.41, 5.74) is 0.737. The van der Waals surface area contributed by atoms with Gasteiger partial charge in [0.05, 0.1) is 18.1 Å². The summed E-state index contributed by atoms with van der Waals surface area (Å²) in [5.74, 6) is -0.355. The first kappa shape index (κ1) is 14.2. The Morgan fingerprint density at radius 2 is 1.61 bits per heavy atom. The molecule has 0 saturated heterocycles. The van der Waals surface area contributed by atoms with Crippen LogP contribution in [0, 0.1) is 0 Å². The van der Waals surface area contributed by atoms with Gasteiger partial charge in [-0.1, -0.05) is 12.1 Å². The highest BCUT2D eigenvalue weighted by Gasteiger charge is 2.31. The van der Waals surface area contributed by atoms with E-state index in [0.29, 0.717) is 5.56 Å². The molecule has 0 saturated carbocycles. The molecule has 1 rings (SSSR count). The number of ether oxygens (including phenoxy) is 1. The maximum absolute atomic E-state index is 12.1. The molecule has 18 heavy (non-hydrogen) atoms. The Morgan fingerprint density at radius 3 is 2.00 bits per heavy atom. The lowest BCUT2D eigenvalue weighted by Gasteiger charge is -2.27. The molecule has 0 heterocycles. The van der Waals surface area contributed by atoms with Crippen molar-refractivity contribution in [1.29, 1.82) is 0 Å². The van der Waals surface area contributed by atoms with Gasteiger partial charge in [0.2, 0.25) is 5.91 Å². The molecular weight excluding hydrogens is 230 g/mol. The number of nitrogens with zero attached hydrogens (tertiary/aromatic N) is 1. The van der Waals surface area contributed by atoms with Gasteiger partial charge in [-0.3, -0.25) is 4.79 Å². The number of amides is 1. The predicted molar refractivity (Wildman–Crippen MR) is 69.5 cm³/mol. The molecule has 0 aliphatic carbocycles. The van der Waals surface area contributed by atoms with Gasteiger partial charge in [0.15, 0.2) is 0 Å². The van der Waals surface area contributed by atoms with Crippen LogP contribution < -0.4 is 0 Å². The minimum Gasteiger partial charge on any atom is -0.465 e. The number of hydrogen-bond donors (Lipinski definition) is 0. The lowest BCUT2D eigenvalue weighted by molar-refractivity contribution is -0.133. The summed E-state index contributed by atoms with van der Waals surface area (Å²) in [7, 11) is 4.80. The van der Waals surface area contributed by atoms with Gasteiger partial charge in [0, 0.05) is 14.1 Å². The number of methoxy groups -OCH3 is 1. The molecule has 0 bridgehead atoms. The number of hydrogen-bond acceptors (Lipinski definition) is 3. The predicted octanol–water partition coefficient (Wildman–Crippen LogP) is 1.84. The van der Waals surface area contributed by atoms with Crippen molar-refractivity contribution < 1.29 is 14.3 Å². The number of rotatable bonds is 3. The van der Waals surface area contributed by atoms with Gasteiger partial charge in [-0.2, -0.15) is 0 Å². The third-order valence-electron chi connectivity index (χ3n) is 2.97. The molecule has 0 fully saturated rings. The first-order valence-corrected chi connectivity index (χ1v) is 5.71. The van der Waals surface area contributed by atoms with Crippen molar-refractivity contribution >= 4 is 11.9 Å². The van der Waals surface area contributed by atoms with Crippen LogP contribution in [0.2, 0.25) is 0 Å². The number of likely N-dealkylation sites (N-methyl/N-ethyl adjacent to an activating group) is 1. The highest BCUT2D eigenvalue weighted by Crippen LogP contribution is 2.25. The van der Waals surface area contributed by atoms with Gasteiger partial charge < -0.3 is 9.64 Å². The van der Waals surface area contributed by atoms with Crippen LogP contribution in [0.4, 0.5) is 0 Å². The van der Waals surface area contributed by atoms with E-state index in [1.165, 1.54) is 7.11 Å². The zero-order valence-corrected chi connectivity index (χ0v) is 11.5. The highest BCUT2D eigenvalue weighted by atomic mass is 16.5. The second kappa shape index (κ2) is 5.21. The molecular formula is C14H19NO3. The van der Waals surface area contributed by atoms with Crippen LogP contribution in [0.3, 0.4) is 0 Å². The number of benzene rings is 1. The van der Waals surface area contributed by atoms with E-state index in [4.69, 9.17) is 0 Å². The molecule has 1 amide bonds. The molecule has 98 valence electrons. The largest absolute Gasteiger partial charge is 0.465 e. The van der Waals surface area contributed by atoms with E-state index in [-0.39, 0.29) is 11.9 Å². The van der Waals surface area contributed by atoms with E-state index in [2.05, 4.69) is 4.74 Å². The van der Waals surface area contributed by atoms with Crippen molar-refractivity contribution in [3.63, 3.8) is 0 Å². The van der Waals surface area contributed by atoms with Crippen LogP contribution in [0.15, 0.2) is 24.3 Å². The third-order valence-corrected chi connectivity index (χ3v) is 2.97. The van der Waals surface area contributed by atoms with E-state index in [9.17, 15) is 9.59 Å². The fraction of sp³-hybridized carbons (Fsp3) is 0.429. The van der Waals surface area contributed by atoms with Crippen LogP contribution in [0.25, 0.3) is 0 Å². The Labute approximate surface area is 108 Å². The number of esters is 1. The number of carbonyl (C=O) groups excluding carboxylic acids is 2. The Balaban J connectivity index is 3.04. The van der Waals surface area contributed by atoms with Gasteiger partial charge >= 0.3 is 5.97 Å². The molecule has 1 aromatic carbocycles. The van der Waals surface area contributed by atoms with Crippen LogP contribution in [-0.4, -0.2) is 38.0 Å². The minimum absolute atomic E-state index is 0.0216. The second-order valence-corrected chi connectivity index (χ2v) is 4.89. The van der Waals surface area contributed by atoms with Crippen molar-refractivity contribution in [2.75, 3.05) is 21.2 Å². The normalized spacial score (nSPS) is 10.9. The van der Waals surface area contributed by atoms with Crippen molar-refractivity contribution in [3.8, 4) is 0 Å². The van der Waals surface area contributed by atoms with Crippen LogP contribution in [0.1, 0.15) is 29.8 Å². The number of carbonyl (C=O) groups is 2. The zero-order chi connectivity index (χ0) is 13.9. The minimum atomic E-state index is -0.613. The van der Waals surface area contributed by atoms with Crippen molar-refractivity contribution in [2.45, 2.75) is 19.3 Å². The fourth-order valence-electron chi connectivity index (χ4n) is 1.82. The van der Waals surface area contributed by atoms with Crippen LogP contribution in [0.5, 0.6) is 0 Å². The maximum Gasteiger partial charge on any atom is 0.337 e. The van der Waals surface area contributed by atoms with Gasteiger partial charge in [0.1, 0.15) is 0 Å². The molecule has 0 radical (unpaired) electrons. The topological polar surface area (TPSA) is 46.6 Å². The van der Waals surface area contributed by atoms with Crippen LogP contribution >= 0.6 is 0 Å². The lowest BCUT2D eigenvalue weighted by Crippen LogP contribution is -2.39. The smallest absolute Gasteiger partial charge is 0.337 e. The first-order chi connectivity index (χ1) is 8.30. The summed E-state index contributed by atoms with van der Waals surface area (Å²) in [6, 6.07) is 6.92. The first-order valence-electron chi connectivity index (χ1n) is 5.71. The van der Waals surface area contributed by atoms with Gasteiger partial charge in [-0.25, -0.2) is 4.79 Å². The average molecular weight is 249 g/mol. The van der Waals surface area contributed by atoms with E-state index < -0.39 is 5.41 Å². The monoisotopic (exact) mass is 249 g/mol. The summed E-state index contributed by atoms with van der Waals surface area (Å²) in [6.45, 7) is 3.73. The standard InChI is InChI=1S/C14H19NO3/c1-14(2,13(17)15(3)4)11-8-6-10(7-9-11)12(16)18-5/h6-9H,1-5H3. The summed E-state index contributed by atoms with van der Waals surface area (Å²) >= 11 is 0. The Morgan fingerprint density at radius 1 is 1.11 bits per heavy atom. The van der Waals surface area contributed by atoms with Crippen molar-refractivity contribution in [1.82, 2.24) is 4.90 Å². The molecule has 1 aromatic rings. The summed E-state index contributed by atoms with van der Waals surface area (Å²) < 4.78 is 4.63. The Bertz CT molecular complexity index is 447. The highest BCUT2D eigenvalue weighted by molar-refractivity contribution is 5.90. The maximum atomic E-state index is 12.1. The fourth-order valence-corrected chi connectivity index (χ4v) is 1.82. The lowest BCUT2D eigenvalue weighted by atomic mass is 9.83. The van der Waals surface area contributed by atoms with Gasteiger partial charge in [-0.05, 0) is 31.5 Å². The molecule has 0 atom stereocenters. The van der Waals surface area contributed by atoms with E-state index in [1.54, 1.807) is 43.3 Å². The molecule has 0 aliphatic rings. The zero-order valence-electron chi connectivity index (χ0n) is 11.5. The second-order valence-electron chi connectivity index (χ2n) is 4.89. The quantitative estimate of drug-likeness (QED) is 0.768. The summed E-state index contributed by atoms with van der Waals surface area (Å²) in [5, 5.41) is 0. The van der Waals surface area contributed by atoms with Crippen LogP contribution in [-0.2, 0) is 14.9 Å². The third kappa shape index (κ3) is 2.70. The SMILES string of the molecule is COC(=O)c1ccc(C(C)(C)C(=O)N(C)C)cc1. The molecule has 0 aromatic heterocycles. The van der Waals surface area contributed by atoms with Gasteiger partial charge in [0.25, 0.3) is 0 Å². The van der Waals surface area contributed by atoms with E-state index in [0.717, 1.165) is 5.56 Å². The van der Waals surface area contributed by atoms with E-state index in [1.807, 2.05) is 13.8 Å². The van der Waals surface area contributed by atoms with E-state index >= 15 is 0 Å². The molecule has 4 heteroatoms. The summed E-state index contributed by atoms with van der Waals surface area (Å²) in [6.07, 6.45) is 0. The van der Waals surface area contributed by atoms with Crippen molar-refractivity contribution in [3.05, 3.63) is 35.4 Å². The Hall–Kier alpha value is -1.84. The molecule has 0 unspecified atom stereocenters. The molecule has 0 aliphatic heterocycles. The van der Waals surface area contributed by atoms with Gasteiger partial charge in [-0.15, -0.1) is 0 Å².